The van der Waals surface area contributed by atoms with Crippen molar-refractivity contribution in [2.24, 2.45) is 0 Å². The van der Waals surface area contributed by atoms with E-state index in [4.69, 9.17) is 13.3 Å². The normalized spacial score (nSPS) is 11.8. The summed E-state index contributed by atoms with van der Waals surface area (Å²) in [5.74, 6) is 0. The van der Waals surface area contributed by atoms with E-state index in [0.717, 1.165) is 110 Å². The predicted molar refractivity (Wildman–Crippen MR) is 599 cm³/mol. The van der Waals surface area contributed by atoms with E-state index >= 15 is 0 Å². The van der Waals surface area contributed by atoms with Gasteiger partial charge in [0.1, 0.15) is 33.5 Å². The standard InChI is InChI=1S/3C44H27NOS/c1-3-13-28(14-4-1)33-21-10-23-36-40-32(20-12-26-39(40)46-42(33)36)29-15-9-16-30(27-29)34-22-11-24-37-41-44(47-43(34)37)35-19-7-8-25-38(35)45(41)31-17-5-2-6-18-31;1-3-12-28(13-4-1)33-19-10-21-35-36-22-11-20-34(43(36)46-42(33)35)31-15-9-14-29(26-31)30-24-25-38-40(27-30)47-44-37-18-7-8-23-39(37)45(41(38)44)32-16-5-2-6-17-32;1-3-10-28(11-4-1)31-18-21-35-36-22-19-32(26-41(36)46-40(35)25-31)29-12-9-13-30(24-29)33-20-23-38-42(27-33)47-44-37-16-7-8-17-39(37)45(43(38)44)34-14-5-2-6-15-34/h3*1-27H. The molecule has 0 radical (unpaired) electrons. The van der Waals surface area contributed by atoms with Crippen LogP contribution in [0.25, 0.3) is 277 Å². The Bertz CT molecular complexity index is 10200. The highest BCUT2D eigenvalue weighted by atomic mass is 32.1. The maximum Gasteiger partial charge on any atom is 0.143 e. The van der Waals surface area contributed by atoms with Crippen LogP contribution in [0.5, 0.6) is 0 Å². The summed E-state index contributed by atoms with van der Waals surface area (Å²) in [7, 11) is 0. The van der Waals surface area contributed by atoms with Crippen LogP contribution >= 0.6 is 34.0 Å². The Kier molecular flexibility index (Phi) is 19.5. The van der Waals surface area contributed by atoms with Gasteiger partial charge in [0, 0.05) is 112 Å². The van der Waals surface area contributed by atoms with Gasteiger partial charge in [-0.05, 0) is 199 Å². The third kappa shape index (κ3) is 13.7. The number of hydrogen-bond acceptors (Lipinski definition) is 6. The molecule has 0 atom stereocenters. The molecule has 6 nitrogen and oxygen atoms in total. The van der Waals surface area contributed by atoms with Crippen LogP contribution in [0.2, 0.25) is 0 Å². The summed E-state index contributed by atoms with van der Waals surface area (Å²) in [6.07, 6.45) is 0. The zero-order chi connectivity index (χ0) is 92.7. The molecule has 0 saturated carbocycles. The van der Waals surface area contributed by atoms with Gasteiger partial charge in [0.2, 0.25) is 0 Å². The van der Waals surface area contributed by atoms with Crippen molar-refractivity contribution in [1.29, 1.82) is 0 Å². The Hall–Kier alpha value is -17.7. The first kappa shape index (κ1) is 81.6. The van der Waals surface area contributed by atoms with Gasteiger partial charge < -0.3 is 27.0 Å². The molecule has 0 aliphatic heterocycles. The third-order valence-electron chi connectivity index (χ3n) is 28.2. The summed E-state index contributed by atoms with van der Waals surface area (Å²) in [6.45, 7) is 0. The summed E-state index contributed by atoms with van der Waals surface area (Å²) < 4.78 is 34.9. The predicted octanol–water partition coefficient (Wildman–Crippen LogP) is 38.7. The molecule has 0 saturated heterocycles. The van der Waals surface area contributed by atoms with Crippen molar-refractivity contribution in [3.8, 4) is 117 Å². The molecule has 9 heterocycles. The minimum atomic E-state index is 0.905. The van der Waals surface area contributed by atoms with E-state index in [-0.39, 0.29) is 0 Å². The van der Waals surface area contributed by atoms with E-state index in [0.29, 0.717) is 0 Å². The molecule has 9 aromatic heterocycles. The monoisotopic (exact) mass is 1850 g/mol. The molecule has 141 heavy (non-hydrogen) atoms. The molecular formula is C132H81N3O3S3. The molecule has 660 valence electrons. The second-order valence-electron chi connectivity index (χ2n) is 36.3. The van der Waals surface area contributed by atoms with Crippen molar-refractivity contribution in [1.82, 2.24) is 13.7 Å². The fourth-order valence-electron chi connectivity index (χ4n) is 21.7. The van der Waals surface area contributed by atoms with Crippen LogP contribution in [0.3, 0.4) is 0 Å². The van der Waals surface area contributed by atoms with E-state index in [2.05, 4.69) is 499 Å². The lowest BCUT2D eigenvalue weighted by Gasteiger charge is -2.10. The van der Waals surface area contributed by atoms with Gasteiger partial charge in [0.15, 0.2) is 0 Å². The Morgan fingerprint density at radius 2 is 0.461 bits per heavy atom. The lowest BCUT2D eigenvalue weighted by Crippen LogP contribution is -1.92. The number of thiophene rings is 3. The highest BCUT2D eigenvalue weighted by Gasteiger charge is 2.26. The van der Waals surface area contributed by atoms with Crippen LogP contribution in [0.1, 0.15) is 0 Å². The smallest absolute Gasteiger partial charge is 0.143 e. The SMILES string of the molecule is c1ccc(-c2ccc3c(c2)oc2cc(-c4cccc(-c5ccc6c(c5)sc5c7ccccc7n(-c7ccccc7)c65)c4)ccc23)cc1.c1ccc(-c2cccc3c2oc2c(-c4cccc(-c5ccc6c(c5)sc5c7ccccc7n(-c7ccccc7)c65)c4)cccc23)cc1.c1ccc(-c2cccc3c2oc2cccc(-c4cccc(-c5cccc6c5sc5c7ccccc7n(-c7ccccc7)c65)c4)c23)cc1. The highest BCUT2D eigenvalue weighted by Crippen LogP contribution is 2.52. The minimum absolute atomic E-state index is 0.905. The van der Waals surface area contributed by atoms with Gasteiger partial charge in [0.25, 0.3) is 0 Å². The Morgan fingerprint density at radius 3 is 0.943 bits per heavy atom. The van der Waals surface area contributed by atoms with Crippen LogP contribution in [0.4, 0.5) is 0 Å². The van der Waals surface area contributed by atoms with Crippen molar-refractivity contribution in [2.45, 2.75) is 0 Å². The zero-order valence-electron chi connectivity index (χ0n) is 76.1. The summed E-state index contributed by atoms with van der Waals surface area (Å²) >= 11 is 5.67. The number of aromatic nitrogens is 3. The van der Waals surface area contributed by atoms with Crippen molar-refractivity contribution >= 4 is 193 Å². The molecule has 30 aromatic rings. The average Bonchev–Trinajstić information content (AvgIpc) is 1.56. The number of benzene rings is 21. The number of nitrogens with zero attached hydrogens (tertiary/aromatic N) is 3. The summed E-state index contributed by atoms with van der Waals surface area (Å²) in [5, 5.41) is 14.6. The van der Waals surface area contributed by atoms with Crippen LogP contribution < -0.4 is 0 Å². The van der Waals surface area contributed by atoms with Gasteiger partial charge in [-0.15, -0.1) is 34.0 Å². The number of para-hydroxylation sites is 9. The molecule has 0 N–H and O–H groups in total. The van der Waals surface area contributed by atoms with Crippen molar-refractivity contribution in [3.05, 3.63) is 491 Å². The van der Waals surface area contributed by atoms with Crippen LogP contribution in [0.15, 0.2) is 505 Å². The van der Waals surface area contributed by atoms with E-state index in [1.165, 1.54) is 166 Å². The highest BCUT2D eigenvalue weighted by molar-refractivity contribution is 7.28. The number of furan rings is 3. The number of hydrogen-bond donors (Lipinski definition) is 0. The molecule has 0 amide bonds. The largest absolute Gasteiger partial charge is 0.456 e. The molecule has 0 aliphatic carbocycles. The molecule has 0 bridgehead atoms. The van der Waals surface area contributed by atoms with Gasteiger partial charge in [0.05, 0.1) is 47.2 Å². The second-order valence-corrected chi connectivity index (χ2v) is 39.4. The molecule has 0 aliphatic rings. The van der Waals surface area contributed by atoms with Gasteiger partial charge in [-0.3, -0.25) is 0 Å². The van der Waals surface area contributed by atoms with Crippen molar-refractivity contribution < 1.29 is 13.3 Å². The van der Waals surface area contributed by atoms with Gasteiger partial charge in [-0.1, -0.05) is 376 Å². The maximum absolute atomic E-state index is 6.73. The first-order chi connectivity index (χ1) is 69.9. The summed E-state index contributed by atoms with van der Waals surface area (Å²) in [4.78, 5) is 0. The number of fused-ring (bicyclic) bond motifs is 24. The Morgan fingerprint density at radius 1 is 0.156 bits per heavy atom. The fourth-order valence-corrected chi connectivity index (χ4v) is 25.6. The van der Waals surface area contributed by atoms with Crippen LogP contribution in [0, 0.1) is 0 Å². The first-order valence-corrected chi connectivity index (χ1v) is 50.2. The molecule has 30 rings (SSSR count). The van der Waals surface area contributed by atoms with Gasteiger partial charge in [-0.25, -0.2) is 0 Å². The summed E-state index contributed by atoms with van der Waals surface area (Å²) in [5.41, 5.74) is 37.8. The summed E-state index contributed by atoms with van der Waals surface area (Å²) in [6, 6.07) is 176. The lowest BCUT2D eigenvalue weighted by atomic mass is 9.95. The van der Waals surface area contributed by atoms with Crippen molar-refractivity contribution in [2.75, 3.05) is 0 Å². The minimum Gasteiger partial charge on any atom is -0.456 e. The molecular weight excluding hydrogens is 1770 g/mol. The maximum atomic E-state index is 6.73. The molecule has 0 unspecified atom stereocenters. The Labute approximate surface area is 822 Å². The quantitative estimate of drug-likeness (QED) is 0.122. The fraction of sp³-hybridized carbons (Fsp3) is 0. The van der Waals surface area contributed by atoms with E-state index < -0.39 is 0 Å². The second kappa shape index (κ2) is 33.6. The lowest BCUT2D eigenvalue weighted by molar-refractivity contribution is 0.669. The third-order valence-corrected chi connectivity index (χ3v) is 31.8. The van der Waals surface area contributed by atoms with E-state index in [1.54, 1.807) is 0 Å². The topological polar surface area (TPSA) is 54.2 Å². The van der Waals surface area contributed by atoms with E-state index in [1.807, 2.05) is 40.1 Å². The van der Waals surface area contributed by atoms with Crippen molar-refractivity contribution in [3.63, 3.8) is 0 Å². The average molecular weight is 1850 g/mol. The van der Waals surface area contributed by atoms with Gasteiger partial charge in [-0.2, -0.15) is 0 Å². The molecule has 9 heteroatoms. The number of rotatable bonds is 12. The van der Waals surface area contributed by atoms with Crippen LogP contribution in [-0.2, 0) is 0 Å². The zero-order valence-corrected chi connectivity index (χ0v) is 78.5. The molecule has 21 aromatic carbocycles. The van der Waals surface area contributed by atoms with Crippen LogP contribution in [-0.4, -0.2) is 13.7 Å². The van der Waals surface area contributed by atoms with Gasteiger partial charge >= 0.3 is 0 Å². The first-order valence-electron chi connectivity index (χ1n) is 47.8. The molecule has 0 spiro atoms. The molecule has 0 fully saturated rings. The Balaban J connectivity index is 0.000000104. The van der Waals surface area contributed by atoms with E-state index in [9.17, 15) is 0 Å².